The molecule has 4 bridgehead atoms. The maximum absolute atomic E-state index is 13.4. The third-order valence-electron chi connectivity index (χ3n) is 7.92. The van der Waals surface area contributed by atoms with E-state index in [1.807, 2.05) is 0 Å². The van der Waals surface area contributed by atoms with Gasteiger partial charge >= 0.3 is 5.97 Å². The van der Waals surface area contributed by atoms with Gasteiger partial charge in [0.25, 0.3) is 0 Å². The summed E-state index contributed by atoms with van der Waals surface area (Å²) in [6, 6.07) is 0.168. The predicted octanol–water partition coefficient (Wildman–Crippen LogP) is -0.353. The van der Waals surface area contributed by atoms with Gasteiger partial charge in [-0.25, -0.2) is 4.79 Å². The van der Waals surface area contributed by atoms with Gasteiger partial charge in [0.2, 0.25) is 11.8 Å². The highest BCUT2D eigenvalue weighted by Crippen LogP contribution is 2.68. The monoisotopic (exact) mass is 413 g/mol. The number of esters is 1. The molecule has 0 radical (unpaired) electrons. The van der Waals surface area contributed by atoms with Crippen molar-refractivity contribution in [1.29, 1.82) is 5.26 Å². The summed E-state index contributed by atoms with van der Waals surface area (Å²) in [6.45, 7) is 0. The molecule has 160 valence electrons. The number of amides is 2. The Bertz CT molecular complexity index is 910. The van der Waals surface area contributed by atoms with Gasteiger partial charge in [0.15, 0.2) is 0 Å². The number of likely N-dealkylation sites (tertiary alicyclic amines) is 1. The van der Waals surface area contributed by atoms with Gasteiger partial charge in [-0.05, 0) is 55.4 Å². The molecule has 30 heavy (non-hydrogen) atoms. The Hall–Kier alpha value is -2.44. The Balaban J connectivity index is 1.38. The van der Waals surface area contributed by atoms with Crippen molar-refractivity contribution < 1.29 is 19.1 Å². The topological polar surface area (TPSA) is 166 Å². The Morgan fingerprint density at radius 1 is 1.23 bits per heavy atom. The minimum atomic E-state index is -1.11. The van der Waals surface area contributed by atoms with E-state index in [0.29, 0.717) is 24.0 Å². The lowest BCUT2D eigenvalue weighted by atomic mass is 9.42. The average Bonchev–Trinajstić information content (AvgIpc) is 3.35. The zero-order chi connectivity index (χ0) is 21.4. The second-order valence-corrected chi connectivity index (χ2v) is 9.77. The van der Waals surface area contributed by atoms with Crippen LogP contribution in [0, 0.1) is 34.5 Å². The third-order valence-corrected chi connectivity index (χ3v) is 7.92. The molecule has 0 aromatic carbocycles. The number of carbonyl (C=O) groups is 3. The van der Waals surface area contributed by atoms with Crippen LogP contribution in [-0.4, -0.2) is 46.9 Å². The Kier molecular flexibility index (Phi) is 4.25. The normalized spacial score (nSPS) is 39.5. The number of nitrogens with zero attached hydrogens (tertiary/aromatic N) is 2. The predicted molar refractivity (Wildman–Crippen MR) is 104 cm³/mol. The number of nitriles is 1. The molecule has 2 amide bonds. The first-order valence-corrected chi connectivity index (χ1v) is 10.7. The molecule has 9 nitrogen and oxygen atoms in total. The molecule has 0 spiro atoms. The Morgan fingerprint density at radius 3 is 2.67 bits per heavy atom. The van der Waals surface area contributed by atoms with Gasteiger partial charge < -0.3 is 26.8 Å². The molecular formula is C21H27N5O4. The fraction of sp³-hybridized carbons (Fsp3) is 0.714. The summed E-state index contributed by atoms with van der Waals surface area (Å²) in [6.07, 6.45) is 4.67. The highest BCUT2D eigenvalue weighted by Gasteiger charge is 2.65. The van der Waals surface area contributed by atoms with Gasteiger partial charge in [0.05, 0.1) is 18.5 Å². The molecule has 1 heterocycles. The first kappa shape index (κ1) is 19.5. The van der Waals surface area contributed by atoms with Crippen molar-refractivity contribution in [2.75, 3.05) is 0 Å². The number of hydrogen-bond acceptors (Lipinski definition) is 7. The fourth-order valence-corrected chi connectivity index (χ4v) is 6.66. The van der Waals surface area contributed by atoms with Crippen LogP contribution < -0.4 is 17.2 Å². The van der Waals surface area contributed by atoms with Gasteiger partial charge in [0.1, 0.15) is 17.8 Å². The van der Waals surface area contributed by atoms with Crippen molar-refractivity contribution in [1.82, 2.24) is 4.90 Å². The van der Waals surface area contributed by atoms with Crippen molar-refractivity contribution in [3.8, 4) is 6.07 Å². The number of nitrogens with two attached hydrogens (primary N) is 3. The first-order chi connectivity index (χ1) is 14.2. The highest BCUT2D eigenvalue weighted by molar-refractivity contribution is 5.86. The summed E-state index contributed by atoms with van der Waals surface area (Å²) in [4.78, 5) is 38.5. The van der Waals surface area contributed by atoms with Crippen molar-refractivity contribution in [3.05, 3.63) is 11.3 Å². The maximum Gasteiger partial charge on any atom is 0.328 e. The van der Waals surface area contributed by atoms with Crippen LogP contribution in [0.25, 0.3) is 0 Å². The number of rotatable bonds is 6. The third kappa shape index (κ3) is 2.70. The second-order valence-electron chi connectivity index (χ2n) is 9.77. The lowest BCUT2D eigenvalue weighted by Gasteiger charge is -2.63. The van der Waals surface area contributed by atoms with Gasteiger partial charge in [-0.15, -0.1) is 0 Å². The molecule has 6 rings (SSSR count). The van der Waals surface area contributed by atoms with Crippen LogP contribution >= 0.6 is 0 Å². The standard InChI is InChI=1S/C21H27N5O4/c22-8-12-3-10-4-14(10)26(12)19(28)18(25)21-6-9-1-11(7-21)17(21)15(2-9)30-20(29)13(23)5-16(24)27/h9-14,18H,1-7,23,25H2,(H2,24,27)/t9?,10-,11?,12+,13+,14+,18-,21?/m1/s1. The van der Waals surface area contributed by atoms with Crippen LogP contribution in [0.2, 0.25) is 0 Å². The van der Waals surface area contributed by atoms with Crippen LogP contribution in [0.3, 0.4) is 0 Å². The fourth-order valence-electron chi connectivity index (χ4n) is 6.66. The van der Waals surface area contributed by atoms with Gasteiger partial charge in [-0.2, -0.15) is 5.26 Å². The van der Waals surface area contributed by atoms with Crippen molar-refractivity contribution in [2.45, 2.75) is 69.1 Å². The quantitative estimate of drug-likeness (QED) is 0.500. The second kappa shape index (κ2) is 6.53. The van der Waals surface area contributed by atoms with E-state index in [9.17, 15) is 19.6 Å². The lowest BCUT2D eigenvalue weighted by Crippen LogP contribution is -2.65. The number of hydrogen-bond donors (Lipinski definition) is 3. The van der Waals surface area contributed by atoms with E-state index in [4.69, 9.17) is 21.9 Å². The molecule has 0 aromatic rings. The highest BCUT2D eigenvalue weighted by atomic mass is 16.5. The zero-order valence-electron chi connectivity index (χ0n) is 16.8. The molecule has 4 fully saturated rings. The van der Waals surface area contributed by atoms with Crippen molar-refractivity contribution in [3.63, 3.8) is 0 Å². The SMILES string of the molecule is N#C[C@@H]1C[C@@H]2C[C@@H]2N1C(=O)[C@@H](N)C12CC3CC(OC(=O)[C@@H](N)CC(N)=O)=C1C(C3)C2. The molecular weight excluding hydrogens is 386 g/mol. The Morgan fingerprint density at radius 2 is 2.00 bits per heavy atom. The maximum atomic E-state index is 13.4. The largest absolute Gasteiger partial charge is 0.430 e. The molecule has 9 heteroatoms. The van der Waals surface area contributed by atoms with Crippen LogP contribution in [0.1, 0.15) is 44.9 Å². The van der Waals surface area contributed by atoms with E-state index in [1.165, 1.54) is 0 Å². The molecule has 8 atom stereocenters. The lowest BCUT2D eigenvalue weighted by molar-refractivity contribution is -0.146. The summed E-state index contributed by atoms with van der Waals surface area (Å²) >= 11 is 0. The summed E-state index contributed by atoms with van der Waals surface area (Å²) < 4.78 is 5.62. The smallest absolute Gasteiger partial charge is 0.328 e. The van der Waals surface area contributed by atoms with E-state index < -0.39 is 35.4 Å². The molecule has 6 aliphatic rings. The number of fused-ring (bicyclic) bond motifs is 2. The molecule has 6 N–H and O–H groups in total. The van der Waals surface area contributed by atoms with Crippen molar-refractivity contribution in [2.24, 2.45) is 40.4 Å². The van der Waals surface area contributed by atoms with E-state index in [1.54, 1.807) is 4.90 Å². The summed E-state index contributed by atoms with van der Waals surface area (Å²) in [5, 5.41) is 9.45. The number of primary amides is 1. The van der Waals surface area contributed by atoms with Gasteiger partial charge in [0, 0.05) is 17.9 Å². The van der Waals surface area contributed by atoms with E-state index in [0.717, 1.165) is 37.7 Å². The number of ether oxygens (including phenoxy) is 1. The summed E-state index contributed by atoms with van der Waals surface area (Å²) in [7, 11) is 0. The molecule has 3 unspecified atom stereocenters. The minimum absolute atomic E-state index is 0.152. The van der Waals surface area contributed by atoms with Gasteiger partial charge in [-0.3, -0.25) is 9.59 Å². The van der Waals surface area contributed by atoms with E-state index >= 15 is 0 Å². The molecule has 0 aromatic heterocycles. The first-order valence-electron chi connectivity index (χ1n) is 10.7. The van der Waals surface area contributed by atoms with Crippen LogP contribution in [0.5, 0.6) is 0 Å². The minimum Gasteiger partial charge on any atom is -0.430 e. The zero-order valence-corrected chi connectivity index (χ0v) is 16.8. The van der Waals surface area contributed by atoms with Crippen LogP contribution in [0.15, 0.2) is 11.3 Å². The van der Waals surface area contributed by atoms with Crippen LogP contribution in [0.4, 0.5) is 0 Å². The molecule has 3 saturated carbocycles. The summed E-state index contributed by atoms with van der Waals surface area (Å²) in [5.41, 5.74) is 17.9. The Labute approximate surface area is 174 Å². The molecule has 5 aliphatic carbocycles. The summed E-state index contributed by atoms with van der Waals surface area (Å²) in [5.74, 6) is 0.0848. The van der Waals surface area contributed by atoms with E-state index in [-0.39, 0.29) is 24.3 Å². The molecule has 1 saturated heterocycles. The molecule has 1 aliphatic heterocycles. The van der Waals surface area contributed by atoms with E-state index in [2.05, 4.69) is 6.07 Å². The number of piperidine rings is 1. The van der Waals surface area contributed by atoms with Gasteiger partial charge in [-0.1, -0.05) is 0 Å². The number of allylic oxidation sites excluding steroid dienone is 1. The number of carbonyl (C=O) groups excluding carboxylic acids is 3. The van der Waals surface area contributed by atoms with Crippen molar-refractivity contribution >= 4 is 17.8 Å². The average molecular weight is 413 g/mol. The van der Waals surface area contributed by atoms with Crippen LogP contribution in [-0.2, 0) is 19.1 Å².